The lowest BCUT2D eigenvalue weighted by atomic mass is 10.1. The highest BCUT2D eigenvalue weighted by molar-refractivity contribution is 6.25. The van der Waals surface area contributed by atoms with Crippen LogP contribution in [0.15, 0.2) is 80.7 Å². The van der Waals surface area contributed by atoms with Gasteiger partial charge in [0.15, 0.2) is 0 Å². The van der Waals surface area contributed by atoms with Crippen molar-refractivity contribution in [2.75, 3.05) is 5.73 Å². The van der Waals surface area contributed by atoms with Crippen molar-refractivity contribution in [3.8, 4) is 0 Å². The Labute approximate surface area is 189 Å². The quantitative estimate of drug-likeness (QED) is 0.381. The second kappa shape index (κ2) is 6.64. The molecule has 0 amide bonds. The molecule has 7 rings (SSSR count). The maximum absolute atomic E-state index is 15.1. The van der Waals surface area contributed by atoms with Crippen molar-refractivity contribution in [1.82, 2.24) is 14.5 Å². The van der Waals surface area contributed by atoms with Crippen LogP contribution in [0.4, 0.5) is 10.2 Å². The van der Waals surface area contributed by atoms with Crippen molar-refractivity contribution in [3.63, 3.8) is 0 Å². The number of hydrogen-bond acceptors (Lipinski definition) is 6. The molecule has 0 saturated heterocycles. The Morgan fingerprint density at radius 1 is 1.00 bits per heavy atom. The molecule has 2 N–H and O–H groups in total. The predicted molar refractivity (Wildman–Crippen MR) is 128 cm³/mol. The summed E-state index contributed by atoms with van der Waals surface area (Å²) in [5.41, 5.74) is 8.49. The molecule has 0 radical (unpaired) electrons. The van der Waals surface area contributed by atoms with E-state index in [4.69, 9.17) is 14.6 Å². The minimum absolute atomic E-state index is 0.210. The van der Waals surface area contributed by atoms with E-state index in [1.807, 2.05) is 30.3 Å². The molecule has 34 heavy (non-hydrogen) atoms. The van der Waals surface area contributed by atoms with Gasteiger partial charge < -0.3 is 19.1 Å². The first-order chi connectivity index (χ1) is 16.6. The number of furan rings is 1. The van der Waals surface area contributed by atoms with E-state index in [2.05, 4.69) is 9.97 Å². The molecular weight excluding hydrogens is 435 g/mol. The van der Waals surface area contributed by atoms with E-state index in [0.717, 1.165) is 16.5 Å². The number of halogens is 1. The second-order valence-corrected chi connectivity index (χ2v) is 8.19. The fraction of sp³-hybridized carbons (Fsp3) is 0.0385. The van der Waals surface area contributed by atoms with Gasteiger partial charge >= 0.3 is 5.63 Å². The van der Waals surface area contributed by atoms with Crippen LogP contribution in [0.2, 0.25) is 0 Å². The number of aromatic nitrogens is 3. The summed E-state index contributed by atoms with van der Waals surface area (Å²) < 4.78 is 28.2. The highest BCUT2D eigenvalue weighted by Crippen LogP contribution is 2.39. The average Bonchev–Trinajstić information content (AvgIpc) is 3.44. The number of pyridine rings is 2. The minimum atomic E-state index is -0.566. The normalized spacial score (nSPS) is 12.0. The summed E-state index contributed by atoms with van der Waals surface area (Å²) in [7, 11) is 0. The Bertz CT molecular complexity index is 2000. The average molecular weight is 450 g/mol. The summed E-state index contributed by atoms with van der Waals surface area (Å²) in [6, 6.07) is 16.0. The fourth-order valence-corrected chi connectivity index (χ4v) is 4.91. The van der Waals surface area contributed by atoms with Gasteiger partial charge in [-0.3, -0.25) is 0 Å². The SMILES string of the molecule is Nc1cc(Cn2c3cc(F)c4ccoc4c3c3c4cccnc4oc(=O)c32)c2ccccc2n1. The molecule has 0 aliphatic carbocycles. The highest BCUT2D eigenvalue weighted by Gasteiger charge is 2.24. The highest BCUT2D eigenvalue weighted by atomic mass is 19.1. The van der Waals surface area contributed by atoms with Crippen molar-refractivity contribution in [2.24, 2.45) is 0 Å². The third-order valence-electron chi connectivity index (χ3n) is 6.29. The van der Waals surface area contributed by atoms with E-state index in [9.17, 15) is 4.79 Å². The summed E-state index contributed by atoms with van der Waals surface area (Å²) in [5.74, 6) is -0.0815. The number of anilines is 1. The summed E-state index contributed by atoms with van der Waals surface area (Å²) in [4.78, 5) is 21.9. The monoisotopic (exact) mass is 450 g/mol. The van der Waals surface area contributed by atoms with Gasteiger partial charge in [-0.2, -0.15) is 0 Å². The van der Waals surface area contributed by atoms with Crippen molar-refractivity contribution in [2.45, 2.75) is 6.54 Å². The van der Waals surface area contributed by atoms with Gasteiger partial charge in [0, 0.05) is 28.9 Å². The van der Waals surface area contributed by atoms with Gasteiger partial charge in [-0.15, -0.1) is 0 Å². The van der Waals surface area contributed by atoms with Crippen LogP contribution in [0.25, 0.3) is 54.8 Å². The molecule has 0 saturated carbocycles. The molecule has 0 aliphatic heterocycles. The van der Waals surface area contributed by atoms with Crippen LogP contribution in [0.5, 0.6) is 0 Å². The number of nitrogens with zero attached hydrogens (tertiary/aromatic N) is 3. The standard InChI is InChI=1S/C26H15FN4O3/c27-17-11-19-22(24-15(17)7-9-33-24)21-16-5-3-8-29-25(16)34-26(32)23(21)31(19)12-13-10-20(28)30-18-6-2-1-4-14(13)18/h1-11H,12H2,(H2,28,30). The van der Waals surface area contributed by atoms with Crippen LogP contribution < -0.4 is 11.4 Å². The van der Waals surface area contributed by atoms with Crippen LogP contribution in [0.3, 0.4) is 0 Å². The zero-order valence-electron chi connectivity index (χ0n) is 17.6. The molecule has 0 unspecified atom stereocenters. The summed E-state index contributed by atoms with van der Waals surface area (Å²) in [5, 5.41) is 3.12. The van der Waals surface area contributed by atoms with Gasteiger partial charge in [0.1, 0.15) is 22.7 Å². The zero-order valence-corrected chi connectivity index (χ0v) is 17.6. The van der Waals surface area contributed by atoms with Crippen molar-refractivity contribution in [1.29, 1.82) is 0 Å². The Morgan fingerprint density at radius 3 is 2.76 bits per heavy atom. The lowest BCUT2D eigenvalue weighted by Crippen LogP contribution is -2.09. The van der Waals surface area contributed by atoms with Crippen molar-refractivity contribution in [3.05, 3.63) is 88.9 Å². The first-order valence-corrected chi connectivity index (χ1v) is 10.6. The van der Waals surface area contributed by atoms with Gasteiger partial charge in [-0.05, 0) is 42.0 Å². The molecule has 2 aromatic carbocycles. The van der Waals surface area contributed by atoms with Gasteiger partial charge in [-0.25, -0.2) is 19.2 Å². The van der Waals surface area contributed by atoms with E-state index in [-0.39, 0.29) is 12.3 Å². The molecule has 0 aliphatic rings. The Morgan fingerprint density at radius 2 is 1.85 bits per heavy atom. The minimum Gasteiger partial charge on any atom is -0.463 e. The number of hydrogen-bond donors (Lipinski definition) is 1. The first-order valence-electron chi connectivity index (χ1n) is 10.6. The molecular formula is C26H15FN4O3. The van der Waals surface area contributed by atoms with E-state index < -0.39 is 11.4 Å². The van der Waals surface area contributed by atoms with Crippen LogP contribution in [-0.2, 0) is 6.54 Å². The van der Waals surface area contributed by atoms with Gasteiger partial charge in [0.25, 0.3) is 0 Å². The number of fused-ring (bicyclic) bond motifs is 8. The smallest absolute Gasteiger partial charge is 0.362 e. The number of benzene rings is 2. The number of rotatable bonds is 2. The fourth-order valence-electron chi connectivity index (χ4n) is 4.91. The van der Waals surface area contributed by atoms with Gasteiger partial charge in [0.2, 0.25) is 5.71 Å². The van der Waals surface area contributed by atoms with Crippen molar-refractivity contribution < 1.29 is 13.2 Å². The van der Waals surface area contributed by atoms with Crippen LogP contribution in [-0.4, -0.2) is 14.5 Å². The molecule has 164 valence electrons. The van der Waals surface area contributed by atoms with E-state index in [1.165, 1.54) is 12.3 Å². The Balaban J connectivity index is 1.69. The van der Waals surface area contributed by atoms with Gasteiger partial charge in [-0.1, -0.05) is 18.2 Å². The lowest BCUT2D eigenvalue weighted by Gasteiger charge is -2.11. The maximum Gasteiger partial charge on any atom is 0.362 e. The largest absolute Gasteiger partial charge is 0.463 e. The number of nitrogen functional groups attached to an aromatic ring is 1. The third-order valence-corrected chi connectivity index (χ3v) is 6.29. The second-order valence-electron chi connectivity index (χ2n) is 8.19. The van der Waals surface area contributed by atoms with E-state index in [1.54, 1.807) is 29.0 Å². The number of nitrogens with two attached hydrogens (primary N) is 1. The molecule has 7 nitrogen and oxygen atoms in total. The summed E-state index contributed by atoms with van der Waals surface area (Å²) in [6.45, 7) is 0.245. The van der Waals surface area contributed by atoms with Crippen LogP contribution in [0.1, 0.15) is 5.56 Å². The first kappa shape index (κ1) is 18.8. The maximum atomic E-state index is 15.1. The molecule has 0 bridgehead atoms. The van der Waals surface area contributed by atoms with E-state index >= 15 is 4.39 Å². The molecule has 5 heterocycles. The van der Waals surface area contributed by atoms with Gasteiger partial charge in [0.05, 0.1) is 28.1 Å². The third kappa shape index (κ3) is 2.47. The van der Waals surface area contributed by atoms with Crippen molar-refractivity contribution >= 4 is 60.6 Å². The molecule has 5 aromatic heterocycles. The predicted octanol–water partition coefficient (Wildman–Crippen LogP) is 5.36. The Hall–Kier alpha value is -4.72. The molecule has 0 spiro atoms. The molecule has 0 fully saturated rings. The van der Waals surface area contributed by atoms with Crippen LogP contribution in [0, 0.1) is 5.82 Å². The zero-order chi connectivity index (χ0) is 23.0. The molecule has 7 aromatic rings. The van der Waals surface area contributed by atoms with E-state index in [0.29, 0.717) is 44.0 Å². The Kier molecular flexibility index (Phi) is 3.68. The number of para-hydroxylation sites is 1. The summed E-state index contributed by atoms with van der Waals surface area (Å²) in [6.07, 6.45) is 3.00. The molecule has 8 heteroatoms. The van der Waals surface area contributed by atoms with Crippen LogP contribution >= 0.6 is 0 Å². The summed E-state index contributed by atoms with van der Waals surface area (Å²) >= 11 is 0. The lowest BCUT2D eigenvalue weighted by molar-refractivity contribution is 0.553. The topological polar surface area (TPSA) is 100 Å². The molecule has 0 atom stereocenters.